The van der Waals surface area contributed by atoms with Crippen molar-refractivity contribution in [3.8, 4) is 11.3 Å². The summed E-state index contributed by atoms with van der Waals surface area (Å²) in [5, 5.41) is 12.4. The van der Waals surface area contributed by atoms with Gasteiger partial charge in [-0.05, 0) is 30.7 Å². The molecule has 0 bridgehead atoms. The zero-order valence-electron chi connectivity index (χ0n) is 13.6. The van der Waals surface area contributed by atoms with E-state index in [0.717, 1.165) is 30.9 Å². The molecule has 0 radical (unpaired) electrons. The van der Waals surface area contributed by atoms with E-state index in [2.05, 4.69) is 33.6 Å². The first kappa shape index (κ1) is 15.4. The molecular formula is C17H22N6. The number of aromatic nitrogens is 5. The zero-order valence-corrected chi connectivity index (χ0v) is 13.6. The Morgan fingerprint density at radius 3 is 2.78 bits per heavy atom. The zero-order chi connectivity index (χ0) is 16.1. The van der Waals surface area contributed by atoms with Gasteiger partial charge in [-0.25, -0.2) is 0 Å². The SMILES string of the molecule is C[C@@H](CNCc1cn(C)nc1-c1ccncc1)Cn1cccn1. The van der Waals surface area contributed by atoms with Crippen molar-refractivity contribution < 1.29 is 0 Å². The van der Waals surface area contributed by atoms with Crippen LogP contribution in [0.3, 0.4) is 0 Å². The van der Waals surface area contributed by atoms with Gasteiger partial charge in [-0.3, -0.25) is 14.3 Å². The molecule has 120 valence electrons. The van der Waals surface area contributed by atoms with Crippen molar-refractivity contribution in [3.05, 3.63) is 54.7 Å². The summed E-state index contributed by atoms with van der Waals surface area (Å²) in [5.74, 6) is 0.510. The maximum absolute atomic E-state index is 4.57. The van der Waals surface area contributed by atoms with Crippen LogP contribution in [-0.4, -0.2) is 31.1 Å². The molecule has 6 heteroatoms. The van der Waals surface area contributed by atoms with Crippen LogP contribution in [0, 0.1) is 5.92 Å². The number of pyridine rings is 1. The summed E-state index contributed by atoms with van der Waals surface area (Å²) in [7, 11) is 1.95. The van der Waals surface area contributed by atoms with Gasteiger partial charge in [-0.15, -0.1) is 0 Å². The predicted octanol–water partition coefficient (Wildman–Crippen LogP) is 2.10. The third-order valence-corrected chi connectivity index (χ3v) is 3.72. The van der Waals surface area contributed by atoms with E-state index in [1.54, 1.807) is 12.4 Å². The van der Waals surface area contributed by atoms with Gasteiger partial charge in [-0.2, -0.15) is 10.2 Å². The molecule has 1 N–H and O–H groups in total. The largest absolute Gasteiger partial charge is 0.312 e. The third-order valence-electron chi connectivity index (χ3n) is 3.72. The first-order valence-electron chi connectivity index (χ1n) is 7.83. The van der Waals surface area contributed by atoms with E-state index in [-0.39, 0.29) is 0 Å². The summed E-state index contributed by atoms with van der Waals surface area (Å²) in [6.45, 7) is 4.88. The van der Waals surface area contributed by atoms with Gasteiger partial charge < -0.3 is 5.32 Å². The predicted molar refractivity (Wildman–Crippen MR) is 89.5 cm³/mol. The summed E-state index contributed by atoms with van der Waals surface area (Å²) in [5.41, 5.74) is 3.31. The van der Waals surface area contributed by atoms with Crippen molar-refractivity contribution in [2.45, 2.75) is 20.0 Å². The molecule has 3 heterocycles. The molecule has 0 amide bonds. The van der Waals surface area contributed by atoms with Crippen LogP contribution in [0.25, 0.3) is 11.3 Å². The third kappa shape index (κ3) is 4.04. The Kier molecular flexibility index (Phi) is 4.83. The minimum absolute atomic E-state index is 0.510. The van der Waals surface area contributed by atoms with Crippen LogP contribution in [-0.2, 0) is 20.1 Å². The molecule has 1 atom stereocenters. The smallest absolute Gasteiger partial charge is 0.0969 e. The molecule has 0 fully saturated rings. The van der Waals surface area contributed by atoms with Crippen LogP contribution in [0.5, 0.6) is 0 Å². The Balaban J connectivity index is 1.58. The molecule has 3 rings (SSSR count). The first-order valence-corrected chi connectivity index (χ1v) is 7.83. The number of rotatable bonds is 7. The van der Waals surface area contributed by atoms with Crippen molar-refractivity contribution in [2.24, 2.45) is 13.0 Å². The lowest BCUT2D eigenvalue weighted by molar-refractivity contribution is 0.422. The van der Waals surface area contributed by atoms with Gasteiger partial charge >= 0.3 is 0 Å². The van der Waals surface area contributed by atoms with Crippen LogP contribution >= 0.6 is 0 Å². The van der Waals surface area contributed by atoms with Crippen molar-refractivity contribution >= 4 is 0 Å². The lowest BCUT2D eigenvalue weighted by Gasteiger charge is -2.12. The Bertz CT molecular complexity index is 717. The maximum atomic E-state index is 4.57. The van der Waals surface area contributed by atoms with Crippen LogP contribution in [0.1, 0.15) is 12.5 Å². The van der Waals surface area contributed by atoms with Crippen LogP contribution in [0.4, 0.5) is 0 Å². The van der Waals surface area contributed by atoms with Crippen molar-refractivity contribution in [1.29, 1.82) is 0 Å². The van der Waals surface area contributed by atoms with E-state index in [4.69, 9.17) is 0 Å². The van der Waals surface area contributed by atoms with Gasteiger partial charge in [0, 0.05) is 62.2 Å². The molecule has 6 nitrogen and oxygen atoms in total. The standard InChI is InChI=1S/C17H22N6/c1-14(12-23-9-3-6-20-23)10-19-11-16-13-22(2)21-17(16)15-4-7-18-8-5-15/h3-9,13-14,19H,10-12H2,1-2H3/t14-/m0/s1. The molecule has 0 unspecified atom stereocenters. The van der Waals surface area contributed by atoms with Crippen molar-refractivity contribution in [3.63, 3.8) is 0 Å². The van der Waals surface area contributed by atoms with Gasteiger partial charge in [0.1, 0.15) is 0 Å². The number of nitrogens with zero attached hydrogens (tertiary/aromatic N) is 5. The molecule has 0 aromatic carbocycles. The van der Waals surface area contributed by atoms with Crippen LogP contribution in [0.2, 0.25) is 0 Å². The van der Waals surface area contributed by atoms with Crippen molar-refractivity contribution in [2.75, 3.05) is 6.54 Å². The lowest BCUT2D eigenvalue weighted by atomic mass is 10.1. The summed E-state index contributed by atoms with van der Waals surface area (Å²) in [4.78, 5) is 4.07. The Morgan fingerprint density at radius 2 is 2.04 bits per heavy atom. The molecule has 3 aromatic rings. The topological polar surface area (TPSA) is 60.6 Å². The number of hydrogen-bond acceptors (Lipinski definition) is 4. The minimum atomic E-state index is 0.510. The second-order valence-electron chi connectivity index (χ2n) is 5.88. The van der Waals surface area contributed by atoms with E-state index in [1.807, 2.05) is 47.0 Å². The Hall–Kier alpha value is -2.47. The van der Waals surface area contributed by atoms with E-state index in [1.165, 1.54) is 5.56 Å². The second-order valence-corrected chi connectivity index (χ2v) is 5.88. The van der Waals surface area contributed by atoms with Gasteiger partial charge in [0.05, 0.1) is 5.69 Å². The van der Waals surface area contributed by atoms with E-state index >= 15 is 0 Å². The van der Waals surface area contributed by atoms with Gasteiger partial charge in [0.2, 0.25) is 0 Å². The fraction of sp³-hybridized carbons (Fsp3) is 0.353. The fourth-order valence-electron chi connectivity index (χ4n) is 2.67. The van der Waals surface area contributed by atoms with Gasteiger partial charge in [0.15, 0.2) is 0 Å². The van der Waals surface area contributed by atoms with Gasteiger partial charge in [0.25, 0.3) is 0 Å². The molecule has 0 saturated heterocycles. The molecule has 0 aliphatic rings. The Labute approximate surface area is 136 Å². The number of nitrogens with one attached hydrogen (secondary N) is 1. The molecule has 0 saturated carbocycles. The van der Waals surface area contributed by atoms with E-state index in [9.17, 15) is 0 Å². The highest BCUT2D eigenvalue weighted by Gasteiger charge is 2.10. The molecule has 0 spiro atoms. The first-order chi connectivity index (χ1) is 11.2. The summed E-state index contributed by atoms with van der Waals surface area (Å²) >= 11 is 0. The molecule has 0 aliphatic heterocycles. The average Bonchev–Trinajstić information content (AvgIpc) is 3.18. The van der Waals surface area contributed by atoms with Crippen molar-refractivity contribution in [1.82, 2.24) is 29.9 Å². The normalized spacial score (nSPS) is 12.4. The highest BCUT2D eigenvalue weighted by molar-refractivity contribution is 5.61. The van der Waals surface area contributed by atoms with E-state index in [0.29, 0.717) is 5.92 Å². The maximum Gasteiger partial charge on any atom is 0.0969 e. The van der Waals surface area contributed by atoms with E-state index < -0.39 is 0 Å². The number of aryl methyl sites for hydroxylation is 1. The average molecular weight is 310 g/mol. The highest BCUT2D eigenvalue weighted by atomic mass is 15.3. The summed E-state index contributed by atoms with van der Waals surface area (Å²) < 4.78 is 3.83. The van der Waals surface area contributed by atoms with Crippen LogP contribution < -0.4 is 5.32 Å². The summed E-state index contributed by atoms with van der Waals surface area (Å²) in [6, 6.07) is 5.94. The van der Waals surface area contributed by atoms with Crippen LogP contribution in [0.15, 0.2) is 49.2 Å². The summed E-state index contributed by atoms with van der Waals surface area (Å²) in [6.07, 6.45) is 9.48. The fourth-order valence-corrected chi connectivity index (χ4v) is 2.67. The molecule has 0 aliphatic carbocycles. The lowest BCUT2D eigenvalue weighted by Crippen LogP contribution is -2.24. The highest BCUT2D eigenvalue weighted by Crippen LogP contribution is 2.20. The number of hydrogen-bond donors (Lipinski definition) is 1. The molecule has 3 aromatic heterocycles. The monoisotopic (exact) mass is 310 g/mol. The quantitative estimate of drug-likeness (QED) is 0.726. The molecular weight excluding hydrogens is 288 g/mol. The Morgan fingerprint density at radius 1 is 1.22 bits per heavy atom. The van der Waals surface area contributed by atoms with Gasteiger partial charge in [-0.1, -0.05) is 6.92 Å². The second kappa shape index (κ2) is 7.19. The molecule has 23 heavy (non-hydrogen) atoms. The minimum Gasteiger partial charge on any atom is -0.312 e.